The van der Waals surface area contributed by atoms with Gasteiger partial charge in [0.15, 0.2) is 6.61 Å². The highest BCUT2D eigenvalue weighted by atomic mass is 32.2. The fraction of sp³-hybridized carbons (Fsp3) is 0.462. The van der Waals surface area contributed by atoms with Crippen LogP contribution in [0.5, 0.6) is 5.75 Å². The summed E-state index contributed by atoms with van der Waals surface area (Å²) >= 11 is 1.60. The van der Waals surface area contributed by atoms with Crippen molar-refractivity contribution >= 4 is 17.7 Å². The van der Waals surface area contributed by atoms with Crippen LogP contribution in [0, 0.1) is 0 Å². The van der Waals surface area contributed by atoms with Crippen LogP contribution in [-0.4, -0.2) is 30.7 Å². The van der Waals surface area contributed by atoms with E-state index < -0.39 is 24.3 Å². The SMILES string of the molecule is CCSCCOC(=O)COc1ccccc1C(F)(F)F. The molecule has 0 aliphatic rings. The first-order chi connectivity index (χ1) is 9.45. The van der Waals surface area contributed by atoms with Crippen molar-refractivity contribution in [2.24, 2.45) is 0 Å². The van der Waals surface area contributed by atoms with Crippen molar-refractivity contribution in [1.29, 1.82) is 0 Å². The summed E-state index contributed by atoms with van der Waals surface area (Å²) in [5.41, 5.74) is -0.908. The number of thioether (sulfide) groups is 1. The van der Waals surface area contributed by atoms with E-state index in [-0.39, 0.29) is 12.4 Å². The number of ether oxygens (including phenoxy) is 2. The van der Waals surface area contributed by atoms with Crippen LogP contribution in [0.15, 0.2) is 24.3 Å². The second-order valence-electron chi connectivity index (χ2n) is 3.70. The topological polar surface area (TPSA) is 35.5 Å². The molecule has 0 bridgehead atoms. The average Bonchev–Trinajstić information content (AvgIpc) is 2.40. The normalized spacial score (nSPS) is 11.2. The van der Waals surface area contributed by atoms with Crippen molar-refractivity contribution in [1.82, 2.24) is 0 Å². The summed E-state index contributed by atoms with van der Waals surface area (Å²) in [5, 5.41) is 0. The Hall–Kier alpha value is -1.37. The number of carbonyl (C=O) groups is 1. The van der Waals surface area contributed by atoms with E-state index in [2.05, 4.69) is 0 Å². The van der Waals surface area contributed by atoms with Crippen LogP contribution in [0.1, 0.15) is 12.5 Å². The maximum Gasteiger partial charge on any atom is 0.419 e. The van der Waals surface area contributed by atoms with E-state index in [1.807, 2.05) is 6.92 Å². The monoisotopic (exact) mass is 308 g/mol. The van der Waals surface area contributed by atoms with Crippen LogP contribution >= 0.6 is 11.8 Å². The van der Waals surface area contributed by atoms with Gasteiger partial charge in [-0.25, -0.2) is 4.79 Å². The van der Waals surface area contributed by atoms with Gasteiger partial charge < -0.3 is 9.47 Å². The number of hydrogen-bond donors (Lipinski definition) is 0. The number of benzene rings is 1. The Labute approximate surface area is 119 Å². The van der Waals surface area contributed by atoms with E-state index in [0.29, 0.717) is 5.75 Å². The summed E-state index contributed by atoms with van der Waals surface area (Å²) in [5.74, 6) is 0.507. The quantitative estimate of drug-likeness (QED) is 0.571. The molecule has 0 N–H and O–H groups in total. The number of carbonyl (C=O) groups excluding carboxylic acids is 1. The third kappa shape index (κ3) is 5.73. The first-order valence-corrected chi connectivity index (χ1v) is 7.13. The number of rotatable bonds is 7. The van der Waals surface area contributed by atoms with E-state index >= 15 is 0 Å². The summed E-state index contributed by atoms with van der Waals surface area (Å²) in [6.07, 6.45) is -4.52. The highest BCUT2D eigenvalue weighted by Crippen LogP contribution is 2.35. The third-order valence-corrected chi connectivity index (χ3v) is 3.10. The predicted molar refractivity (Wildman–Crippen MR) is 70.9 cm³/mol. The minimum atomic E-state index is -4.52. The molecule has 0 saturated carbocycles. The summed E-state index contributed by atoms with van der Waals surface area (Å²) in [6, 6.07) is 4.74. The number of para-hydroxylation sites is 1. The second kappa shape index (κ2) is 8.04. The van der Waals surface area contributed by atoms with Crippen molar-refractivity contribution < 1.29 is 27.4 Å². The van der Waals surface area contributed by atoms with Crippen molar-refractivity contribution in [3.63, 3.8) is 0 Å². The van der Waals surface area contributed by atoms with Gasteiger partial charge in [-0.15, -0.1) is 0 Å². The van der Waals surface area contributed by atoms with Crippen LogP contribution in [0.4, 0.5) is 13.2 Å². The molecule has 1 aromatic rings. The van der Waals surface area contributed by atoms with E-state index in [0.717, 1.165) is 11.8 Å². The molecule has 0 aliphatic carbocycles. The highest BCUT2D eigenvalue weighted by Gasteiger charge is 2.34. The van der Waals surface area contributed by atoms with E-state index in [9.17, 15) is 18.0 Å². The van der Waals surface area contributed by atoms with Gasteiger partial charge in [0.25, 0.3) is 0 Å². The van der Waals surface area contributed by atoms with Gasteiger partial charge in [-0.2, -0.15) is 24.9 Å². The highest BCUT2D eigenvalue weighted by molar-refractivity contribution is 7.99. The summed E-state index contributed by atoms with van der Waals surface area (Å²) in [7, 11) is 0. The molecule has 112 valence electrons. The molecule has 0 saturated heterocycles. The Bertz CT molecular complexity index is 435. The summed E-state index contributed by atoms with van der Waals surface area (Å²) in [6.45, 7) is 1.66. The third-order valence-electron chi connectivity index (χ3n) is 2.23. The van der Waals surface area contributed by atoms with Crippen LogP contribution in [0.2, 0.25) is 0 Å². The molecule has 0 atom stereocenters. The molecule has 0 aliphatic heterocycles. The fourth-order valence-corrected chi connectivity index (χ4v) is 1.85. The molecule has 1 rings (SSSR count). The number of alkyl halides is 3. The number of esters is 1. The molecule has 20 heavy (non-hydrogen) atoms. The van der Waals surface area contributed by atoms with E-state index in [1.165, 1.54) is 18.2 Å². The lowest BCUT2D eigenvalue weighted by atomic mass is 10.2. The lowest BCUT2D eigenvalue weighted by molar-refractivity contribution is -0.147. The first-order valence-electron chi connectivity index (χ1n) is 5.97. The van der Waals surface area contributed by atoms with Gasteiger partial charge in [0, 0.05) is 5.75 Å². The maximum absolute atomic E-state index is 12.7. The van der Waals surface area contributed by atoms with Gasteiger partial charge in [-0.05, 0) is 17.9 Å². The average molecular weight is 308 g/mol. The maximum atomic E-state index is 12.7. The van der Waals surface area contributed by atoms with Gasteiger partial charge in [0.1, 0.15) is 12.4 Å². The van der Waals surface area contributed by atoms with E-state index in [4.69, 9.17) is 9.47 Å². The predicted octanol–water partition coefficient (Wildman–Crippen LogP) is 3.38. The first kappa shape index (κ1) is 16.7. The molecular formula is C13H15F3O3S. The second-order valence-corrected chi connectivity index (χ2v) is 5.09. The van der Waals surface area contributed by atoms with Crippen molar-refractivity contribution in [2.45, 2.75) is 13.1 Å². The number of halogens is 3. The summed E-state index contributed by atoms with van der Waals surface area (Å²) in [4.78, 5) is 11.3. The molecule has 0 spiro atoms. The molecule has 0 aromatic heterocycles. The largest absolute Gasteiger partial charge is 0.481 e. The molecule has 7 heteroatoms. The zero-order chi connectivity index (χ0) is 15.0. The Morgan fingerprint density at radius 2 is 2.00 bits per heavy atom. The van der Waals surface area contributed by atoms with Crippen LogP contribution in [0.3, 0.4) is 0 Å². The Morgan fingerprint density at radius 1 is 1.30 bits per heavy atom. The Balaban J connectivity index is 2.48. The molecule has 3 nitrogen and oxygen atoms in total. The van der Waals surface area contributed by atoms with Crippen LogP contribution in [-0.2, 0) is 15.7 Å². The van der Waals surface area contributed by atoms with Gasteiger partial charge in [0.05, 0.1) is 5.56 Å². The van der Waals surface area contributed by atoms with Crippen LogP contribution in [0.25, 0.3) is 0 Å². The molecule has 0 amide bonds. The van der Waals surface area contributed by atoms with E-state index in [1.54, 1.807) is 11.8 Å². The zero-order valence-corrected chi connectivity index (χ0v) is 11.7. The molecule has 1 aromatic carbocycles. The smallest absolute Gasteiger partial charge is 0.419 e. The molecule has 0 fully saturated rings. The fourth-order valence-electron chi connectivity index (χ4n) is 1.36. The minimum absolute atomic E-state index is 0.224. The molecule has 0 unspecified atom stereocenters. The Kier molecular flexibility index (Phi) is 6.70. The molecule has 0 radical (unpaired) electrons. The molecule has 0 heterocycles. The van der Waals surface area contributed by atoms with Crippen molar-refractivity contribution in [3.8, 4) is 5.75 Å². The Morgan fingerprint density at radius 3 is 2.65 bits per heavy atom. The van der Waals surface area contributed by atoms with Crippen molar-refractivity contribution in [3.05, 3.63) is 29.8 Å². The number of hydrogen-bond acceptors (Lipinski definition) is 4. The standard InChI is InChI=1S/C13H15F3O3S/c1-2-20-8-7-18-12(17)9-19-11-6-4-3-5-10(11)13(14,15)16/h3-6H,2,7-9H2,1H3. The summed E-state index contributed by atoms with van der Waals surface area (Å²) < 4.78 is 47.7. The van der Waals surface area contributed by atoms with Gasteiger partial charge in [0.2, 0.25) is 0 Å². The molecular weight excluding hydrogens is 293 g/mol. The van der Waals surface area contributed by atoms with Gasteiger partial charge >= 0.3 is 12.1 Å². The minimum Gasteiger partial charge on any atom is -0.481 e. The van der Waals surface area contributed by atoms with Gasteiger partial charge in [-0.3, -0.25) is 0 Å². The zero-order valence-electron chi connectivity index (χ0n) is 10.9. The van der Waals surface area contributed by atoms with Crippen molar-refractivity contribution in [2.75, 3.05) is 24.7 Å². The van der Waals surface area contributed by atoms with Crippen LogP contribution < -0.4 is 4.74 Å². The lowest BCUT2D eigenvalue weighted by Crippen LogP contribution is -2.18. The van der Waals surface area contributed by atoms with Gasteiger partial charge in [-0.1, -0.05) is 19.1 Å². The lowest BCUT2D eigenvalue weighted by Gasteiger charge is -2.13.